The van der Waals surface area contributed by atoms with Gasteiger partial charge in [-0.05, 0) is 56.8 Å². The first-order valence-electron chi connectivity index (χ1n) is 6.74. The summed E-state index contributed by atoms with van der Waals surface area (Å²) >= 11 is 0. The summed E-state index contributed by atoms with van der Waals surface area (Å²) in [4.78, 5) is 0. The summed E-state index contributed by atoms with van der Waals surface area (Å²) < 4.78 is 19.1. The lowest BCUT2D eigenvalue weighted by Gasteiger charge is -2.31. The number of hydrogen-bond donors (Lipinski definition) is 1. The highest BCUT2D eigenvalue weighted by Crippen LogP contribution is 2.36. The Bertz CT molecular complexity index is 405. The number of nitrogens with one attached hydrogen (secondary N) is 1. The van der Waals surface area contributed by atoms with E-state index in [0.29, 0.717) is 17.6 Å². The van der Waals surface area contributed by atoms with Gasteiger partial charge in [0.2, 0.25) is 0 Å². The van der Waals surface area contributed by atoms with Crippen LogP contribution in [0.15, 0.2) is 18.2 Å². The van der Waals surface area contributed by atoms with Crippen molar-refractivity contribution in [3.05, 3.63) is 29.6 Å². The summed E-state index contributed by atoms with van der Waals surface area (Å²) in [6, 6.07) is 4.95. The molecular formula is C15H22FNO. The molecule has 0 aliphatic carbocycles. The van der Waals surface area contributed by atoms with Gasteiger partial charge in [-0.15, -0.1) is 0 Å². The van der Waals surface area contributed by atoms with E-state index >= 15 is 0 Å². The lowest BCUT2D eigenvalue weighted by Crippen LogP contribution is -2.34. The predicted molar refractivity (Wildman–Crippen MR) is 71.6 cm³/mol. The molecule has 1 aliphatic rings. The summed E-state index contributed by atoms with van der Waals surface area (Å²) in [6.07, 6.45) is 1.16. The Hall–Kier alpha value is -1.09. The lowest BCUT2D eigenvalue weighted by molar-refractivity contribution is 0.232. The smallest absolute Gasteiger partial charge is 0.126 e. The van der Waals surface area contributed by atoms with Crippen molar-refractivity contribution >= 4 is 0 Å². The van der Waals surface area contributed by atoms with E-state index in [0.717, 1.165) is 25.1 Å². The Morgan fingerprint density at radius 2 is 2.17 bits per heavy atom. The number of halogens is 1. The zero-order valence-corrected chi connectivity index (χ0v) is 11.4. The number of piperidine rings is 1. The van der Waals surface area contributed by atoms with Crippen molar-refractivity contribution in [2.24, 2.45) is 5.92 Å². The van der Waals surface area contributed by atoms with Crippen molar-refractivity contribution in [3.8, 4) is 5.75 Å². The topological polar surface area (TPSA) is 21.3 Å². The average Bonchev–Trinajstić information content (AvgIpc) is 2.30. The molecule has 18 heavy (non-hydrogen) atoms. The highest BCUT2D eigenvalue weighted by molar-refractivity contribution is 5.37. The van der Waals surface area contributed by atoms with Gasteiger partial charge >= 0.3 is 0 Å². The van der Waals surface area contributed by atoms with E-state index in [4.69, 9.17) is 4.74 Å². The monoisotopic (exact) mass is 251 g/mol. The molecule has 1 aliphatic heterocycles. The lowest BCUT2D eigenvalue weighted by atomic mass is 9.82. The Morgan fingerprint density at radius 1 is 1.39 bits per heavy atom. The molecule has 0 radical (unpaired) electrons. The summed E-state index contributed by atoms with van der Waals surface area (Å²) in [5, 5.41) is 3.39. The minimum atomic E-state index is -0.226. The van der Waals surface area contributed by atoms with Gasteiger partial charge in [-0.3, -0.25) is 0 Å². The van der Waals surface area contributed by atoms with Crippen LogP contribution in [0.1, 0.15) is 38.7 Å². The standard InChI is InChI=1S/C15H22FNO/c1-10(2)18-15-8-12(16)4-5-14(15)13-6-7-17-9-11(13)3/h4-5,8,10-11,13,17H,6-7,9H2,1-3H3/t11-,13+/m1/s1. The molecule has 0 aromatic heterocycles. The fourth-order valence-electron chi connectivity index (χ4n) is 2.65. The molecule has 1 N–H and O–H groups in total. The number of hydrogen-bond acceptors (Lipinski definition) is 2. The third-order valence-electron chi connectivity index (χ3n) is 3.52. The first kappa shape index (κ1) is 13.3. The molecule has 1 fully saturated rings. The Morgan fingerprint density at radius 3 is 2.83 bits per heavy atom. The zero-order chi connectivity index (χ0) is 13.1. The minimum absolute atomic E-state index is 0.0718. The molecule has 1 aromatic rings. The Labute approximate surface area is 109 Å². The maximum Gasteiger partial charge on any atom is 0.126 e. The molecular weight excluding hydrogens is 229 g/mol. The van der Waals surface area contributed by atoms with Crippen LogP contribution in [0.5, 0.6) is 5.75 Å². The molecule has 0 amide bonds. The van der Waals surface area contributed by atoms with Crippen molar-refractivity contribution in [1.29, 1.82) is 0 Å². The van der Waals surface area contributed by atoms with Crippen LogP contribution in [0.3, 0.4) is 0 Å². The second kappa shape index (κ2) is 5.70. The van der Waals surface area contributed by atoms with E-state index in [1.54, 1.807) is 0 Å². The molecule has 0 unspecified atom stereocenters. The first-order valence-corrected chi connectivity index (χ1v) is 6.74. The largest absolute Gasteiger partial charge is 0.491 e. The van der Waals surface area contributed by atoms with Crippen LogP contribution in [-0.4, -0.2) is 19.2 Å². The zero-order valence-electron chi connectivity index (χ0n) is 11.4. The fraction of sp³-hybridized carbons (Fsp3) is 0.600. The van der Waals surface area contributed by atoms with Crippen molar-refractivity contribution in [3.63, 3.8) is 0 Å². The van der Waals surface area contributed by atoms with Crippen LogP contribution in [0, 0.1) is 11.7 Å². The molecule has 1 heterocycles. The van der Waals surface area contributed by atoms with Gasteiger partial charge in [-0.1, -0.05) is 13.0 Å². The van der Waals surface area contributed by atoms with Crippen LogP contribution in [0.4, 0.5) is 4.39 Å². The first-order chi connectivity index (χ1) is 8.58. The number of benzene rings is 1. The molecule has 100 valence electrons. The molecule has 2 rings (SSSR count). The van der Waals surface area contributed by atoms with Crippen LogP contribution >= 0.6 is 0 Å². The molecule has 0 spiro atoms. The van der Waals surface area contributed by atoms with Gasteiger partial charge in [0.1, 0.15) is 11.6 Å². The van der Waals surface area contributed by atoms with E-state index in [-0.39, 0.29) is 11.9 Å². The minimum Gasteiger partial charge on any atom is -0.491 e. The third kappa shape index (κ3) is 3.02. The van der Waals surface area contributed by atoms with E-state index in [9.17, 15) is 4.39 Å². The summed E-state index contributed by atoms with van der Waals surface area (Å²) in [7, 11) is 0. The second-order valence-corrected chi connectivity index (χ2v) is 5.43. The van der Waals surface area contributed by atoms with Crippen LogP contribution in [0.25, 0.3) is 0 Å². The quantitative estimate of drug-likeness (QED) is 0.889. The molecule has 2 nitrogen and oxygen atoms in total. The average molecular weight is 251 g/mol. The van der Waals surface area contributed by atoms with Gasteiger partial charge in [0.15, 0.2) is 0 Å². The highest BCUT2D eigenvalue weighted by Gasteiger charge is 2.25. The Balaban J connectivity index is 2.30. The molecule has 2 atom stereocenters. The normalized spacial score (nSPS) is 24.3. The predicted octanol–water partition coefficient (Wildman–Crippen LogP) is 3.33. The molecule has 1 aromatic carbocycles. The van der Waals surface area contributed by atoms with E-state index in [1.165, 1.54) is 12.1 Å². The summed E-state index contributed by atoms with van der Waals surface area (Å²) in [5.41, 5.74) is 1.15. The molecule has 0 bridgehead atoms. The third-order valence-corrected chi connectivity index (χ3v) is 3.52. The number of ether oxygens (including phenoxy) is 1. The van der Waals surface area contributed by atoms with Gasteiger partial charge < -0.3 is 10.1 Å². The van der Waals surface area contributed by atoms with Crippen LogP contribution < -0.4 is 10.1 Å². The SMILES string of the molecule is CC(C)Oc1cc(F)ccc1[C@H]1CCNC[C@H]1C. The maximum absolute atomic E-state index is 13.4. The van der Waals surface area contributed by atoms with E-state index in [1.807, 2.05) is 19.9 Å². The van der Waals surface area contributed by atoms with Crippen LogP contribution in [-0.2, 0) is 0 Å². The van der Waals surface area contributed by atoms with Crippen molar-refractivity contribution in [2.75, 3.05) is 13.1 Å². The van der Waals surface area contributed by atoms with Crippen molar-refractivity contribution in [1.82, 2.24) is 5.32 Å². The fourth-order valence-corrected chi connectivity index (χ4v) is 2.65. The van der Waals surface area contributed by atoms with Crippen molar-refractivity contribution < 1.29 is 9.13 Å². The van der Waals surface area contributed by atoms with E-state index in [2.05, 4.69) is 12.2 Å². The van der Waals surface area contributed by atoms with Gasteiger partial charge in [0.25, 0.3) is 0 Å². The van der Waals surface area contributed by atoms with Gasteiger partial charge in [0, 0.05) is 6.07 Å². The summed E-state index contributed by atoms with van der Waals surface area (Å²) in [6.45, 7) is 8.22. The number of rotatable bonds is 3. The second-order valence-electron chi connectivity index (χ2n) is 5.43. The van der Waals surface area contributed by atoms with Gasteiger partial charge in [-0.2, -0.15) is 0 Å². The summed E-state index contributed by atoms with van der Waals surface area (Å²) in [5.74, 6) is 1.50. The van der Waals surface area contributed by atoms with E-state index < -0.39 is 0 Å². The van der Waals surface area contributed by atoms with Gasteiger partial charge in [0.05, 0.1) is 6.10 Å². The maximum atomic E-state index is 13.4. The Kier molecular flexibility index (Phi) is 4.23. The highest BCUT2D eigenvalue weighted by atomic mass is 19.1. The molecule has 1 saturated heterocycles. The van der Waals surface area contributed by atoms with Crippen molar-refractivity contribution in [2.45, 2.75) is 39.2 Å². The van der Waals surface area contributed by atoms with Gasteiger partial charge in [-0.25, -0.2) is 4.39 Å². The van der Waals surface area contributed by atoms with Crippen LogP contribution in [0.2, 0.25) is 0 Å². The molecule has 3 heteroatoms. The molecule has 0 saturated carbocycles.